The van der Waals surface area contributed by atoms with Gasteiger partial charge in [0.2, 0.25) is 0 Å². The SMILES string of the molecule is C[C@@H]1C[C@H]2OCO[C@H]2[C@H](OC2CC[C@]3(C=O)[C@H]4CC[C@]5(C)[C@@H](C6=CC(=O)OC6)CC[C@]5(O)[C@@H]4CC[C@]3(O)C2)O1. The summed E-state index contributed by atoms with van der Waals surface area (Å²) in [7, 11) is 0. The second kappa shape index (κ2) is 9.07. The fraction of sp³-hybridized carbons (Fsp3) is 0.867. The monoisotopic (exact) mass is 546 g/mol. The van der Waals surface area contributed by atoms with Crippen molar-refractivity contribution in [2.75, 3.05) is 13.4 Å². The van der Waals surface area contributed by atoms with E-state index in [1.165, 1.54) is 0 Å². The molecule has 0 spiro atoms. The van der Waals surface area contributed by atoms with E-state index in [1.807, 2.05) is 6.92 Å². The van der Waals surface area contributed by atoms with E-state index in [2.05, 4.69) is 6.92 Å². The summed E-state index contributed by atoms with van der Waals surface area (Å²) in [5.74, 6) is -0.371. The van der Waals surface area contributed by atoms with Gasteiger partial charge in [-0.25, -0.2) is 4.79 Å². The zero-order chi connectivity index (χ0) is 27.2. The van der Waals surface area contributed by atoms with Gasteiger partial charge < -0.3 is 38.7 Å². The molecule has 4 saturated carbocycles. The van der Waals surface area contributed by atoms with E-state index in [1.54, 1.807) is 6.08 Å². The van der Waals surface area contributed by atoms with Crippen LogP contribution in [0.1, 0.15) is 78.1 Å². The largest absolute Gasteiger partial charge is 0.458 e. The molecular weight excluding hydrogens is 504 g/mol. The second-order valence-corrected chi connectivity index (χ2v) is 13.7. The van der Waals surface area contributed by atoms with Gasteiger partial charge in [-0.1, -0.05) is 6.92 Å². The lowest BCUT2D eigenvalue weighted by Crippen LogP contribution is -2.69. The Morgan fingerprint density at radius 3 is 2.64 bits per heavy atom. The minimum Gasteiger partial charge on any atom is -0.458 e. The van der Waals surface area contributed by atoms with E-state index < -0.39 is 22.9 Å². The third-order valence-corrected chi connectivity index (χ3v) is 12.3. The first kappa shape index (κ1) is 26.5. The lowest BCUT2D eigenvalue weighted by Gasteiger charge is -2.65. The standard InChI is InChI=1S/C30H42O9/c1-17-11-23-25(37-16-36-23)26(38-17)39-19-3-8-28(15-31)21-4-7-27(2)20(18-12-24(32)35-14-18)6-10-30(27,34)22(21)5-9-29(28,33)13-19/h12,15,17,19-23,25-26,33-34H,3-11,13-14,16H2,1-2H3/t17-,19?,20-,21+,22-,23-,25-,26+,27-,28+,29+,30+/m1/s1. The van der Waals surface area contributed by atoms with Crippen LogP contribution in [0.4, 0.5) is 0 Å². The summed E-state index contributed by atoms with van der Waals surface area (Å²) in [6.07, 6.45) is 7.88. The van der Waals surface area contributed by atoms with Crippen LogP contribution in [0.15, 0.2) is 11.6 Å². The number of aldehydes is 1. The number of esters is 1. The molecule has 3 heterocycles. The number of aliphatic hydroxyl groups is 2. The Bertz CT molecular complexity index is 1060. The molecule has 0 aromatic heterocycles. The van der Waals surface area contributed by atoms with E-state index in [-0.39, 0.29) is 60.3 Å². The average molecular weight is 547 g/mol. The highest BCUT2D eigenvalue weighted by Crippen LogP contribution is 2.70. The summed E-state index contributed by atoms with van der Waals surface area (Å²) in [4.78, 5) is 24.9. The minimum atomic E-state index is -1.19. The summed E-state index contributed by atoms with van der Waals surface area (Å²) < 4.78 is 29.2. The van der Waals surface area contributed by atoms with Gasteiger partial charge in [-0.15, -0.1) is 0 Å². The molecule has 9 nitrogen and oxygen atoms in total. The molecule has 0 radical (unpaired) electrons. The van der Waals surface area contributed by atoms with Crippen LogP contribution in [-0.4, -0.2) is 77.8 Å². The van der Waals surface area contributed by atoms with E-state index in [9.17, 15) is 19.8 Å². The van der Waals surface area contributed by atoms with Crippen LogP contribution in [-0.2, 0) is 33.3 Å². The number of rotatable bonds is 4. The van der Waals surface area contributed by atoms with Crippen LogP contribution < -0.4 is 0 Å². The predicted molar refractivity (Wildman–Crippen MR) is 136 cm³/mol. The summed E-state index contributed by atoms with van der Waals surface area (Å²) in [5, 5.41) is 24.6. The summed E-state index contributed by atoms with van der Waals surface area (Å²) in [6, 6.07) is 0. The van der Waals surface area contributed by atoms with Crippen molar-refractivity contribution in [1.82, 2.24) is 0 Å². The number of hydrogen-bond acceptors (Lipinski definition) is 9. The zero-order valence-electron chi connectivity index (χ0n) is 23.0. The Balaban J connectivity index is 1.12. The van der Waals surface area contributed by atoms with Gasteiger partial charge in [0.25, 0.3) is 0 Å². The maximum atomic E-state index is 13.0. The van der Waals surface area contributed by atoms with Crippen molar-refractivity contribution < 1.29 is 43.5 Å². The van der Waals surface area contributed by atoms with Crippen molar-refractivity contribution in [2.24, 2.45) is 28.6 Å². The van der Waals surface area contributed by atoms with Crippen molar-refractivity contribution in [3.63, 3.8) is 0 Å². The second-order valence-electron chi connectivity index (χ2n) is 13.7. The number of ether oxygens (including phenoxy) is 5. The van der Waals surface area contributed by atoms with Crippen LogP contribution in [0.3, 0.4) is 0 Å². The molecule has 7 rings (SSSR count). The van der Waals surface area contributed by atoms with Crippen molar-refractivity contribution in [3.05, 3.63) is 11.6 Å². The molecule has 3 aliphatic heterocycles. The molecule has 6 fully saturated rings. The summed E-state index contributed by atoms with van der Waals surface area (Å²) in [6.45, 7) is 4.72. The molecule has 12 atom stereocenters. The summed E-state index contributed by atoms with van der Waals surface area (Å²) in [5.41, 5.74) is -2.44. The topological polar surface area (TPSA) is 121 Å². The number of fused-ring (bicyclic) bond motifs is 6. The van der Waals surface area contributed by atoms with Gasteiger partial charge in [0.05, 0.1) is 34.9 Å². The highest BCUT2D eigenvalue weighted by molar-refractivity contribution is 5.85. The van der Waals surface area contributed by atoms with Crippen molar-refractivity contribution in [2.45, 2.75) is 120 Å². The molecule has 39 heavy (non-hydrogen) atoms. The maximum Gasteiger partial charge on any atom is 0.331 e. The third kappa shape index (κ3) is 3.66. The van der Waals surface area contributed by atoms with Gasteiger partial charge >= 0.3 is 5.97 Å². The van der Waals surface area contributed by atoms with Gasteiger partial charge in [-0.2, -0.15) is 0 Å². The van der Waals surface area contributed by atoms with Crippen LogP contribution in [0.25, 0.3) is 0 Å². The first-order chi connectivity index (χ1) is 18.6. The van der Waals surface area contributed by atoms with Crippen LogP contribution in [0.2, 0.25) is 0 Å². The molecular formula is C30H42O9. The highest BCUT2D eigenvalue weighted by atomic mass is 16.8. The van der Waals surface area contributed by atoms with Crippen LogP contribution >= 0.6 is 0 Å². The molecule has 9 heteroatoms. The minimum absolute atomic E-state index is 0.00802. The van der Waals surface area contributed by atoms with Crippen molar-refractivity contribution >= 4 is 12.3 Å². The Hall–Kier alpha value is -1.36. The van der Waals surface area contributed by atoms with Gasteiger partial charge in [-0.3, -0.25) is 0 Å². The van der Waals surface area contributed by atoms with Crippen molar-refractivity contribution in [1.29, 1.82) is 0 Å². The lowest BCUT2D eigenvalue weighted by molar-refractivity contribution is -0.287. The van der Waals surface area contributed by atoms with Gasteiger partial charge in [0.1, 0.15) is 25.8 Å². The van der Waals surface area contributed by atoms with E-state index in [0.717, 1.165) is 37.5 Å². The average Bonchev–Trinajstić information content (AvgIpc) is 3.61. The fourth-order valence-electron chi connectivity index (χ4n) is 10.3. The highest BCUT2D eigenvalue weighted by Gasteiger charge is 2.71. The summed E-state index contributed by atoms with van der Waals surface area (Å²) >= 11 is 0. The lowest BCUT2D eigenvalue weighted by atomic mass is 9.41. The first-order valence-electron chi connectivity index (χ1n) is 14.9. The Labute approximate surface area is 229 Å². The zero-order valence-corrected chi connectivity index (χ0v) is 23.0. The van der Waals surface area contributed by atoms with Crippen LogP contribution in [0, 0.1) is 28.6 Å². The van der Waals surface area contributed by atoms with Gasteiger partial charge in [-0.05, 0) is 81.6 Å². The molecule has 2 saturated heterocycles. The van der Waals surface area contributed by atoms with Gasteiger partial charge in [0.15, 0.2) is 6.29 Å². The van der Waals surface area contributed by atoms with Gasteiger partial charge in [0, 0.05) is 24.3 Å². The fourth-order valence-corrected chi connectivity index (χ4v) is 10.3. The number of carbonyl (C=O) groups excluding carboxylic acids is 2. The normalized spacial score (nSPS) is 54.7. The number of carbonyl (C=O) groups is 2. The number of cyclic esters (lactones) is 1. The predicted octanol–water partition coefficient (Wildman–Crippen LogP) is 2.80. The van der Waals surface area contributed by atoms with Crippen molar-refractivity contribution in [3.8, 4) is 0 Å². The first-order valence-corrected chi connectivity index (χ1v) is 14.9. The molecule has 7 aliphatic rings. The molecule has 2 N–H and O–H groups in total. The molecule has 0 aromatic rings. The quantitative estimate of drug-likeness (QED) is 0.312. The Morgan fingerprint density at radius 2 is 1.87 bits per heavy atom. The number of hydrogen-bond donors (Lipinski definition) is 2. The third-order valence-electron chi connectivity index (χ3n) is 12.3. The Morgan fingerprint density at radius 1 is 1.05 bits per heavy atom. The molecule has 216 valence electrons. The molecule has 0 amide bonds. The molecule has 0 aromatic carbocycles. The van der Waals surface area contributed by atoms with E-state index >= 15 is 0 Å². The molecule has 4 aliphatic carbocycles. The molecule has 1 unspecified atom stereocenters. The van der Waals surface area contributed by atoms with E-state index in [4.69, 9.17) is 23.7 Å². The van der Waals surface area contributed by atoms with E-state index in [0.29, 0.717) is 45.1 Å². The van der Waals surface area contributed by atoms with Crippen LogP contribution in [0.5, 0.6) is 0 Å². The molecule has 0 bridgehead atoms. The Kier molecular flexibility index (Phi) is 6.17. The maximum absolute atomic E-state index is 13.0. The smallest absolute Gasteiger partial charge is 0.331 e.